The van der Waals surface area contributed by atoms with Crippen LogP contribution in [0.4, 0.5) is 0 Å². The molecule has 2 heterocycles. The highest BCUT2D eigenvalue weighted by molar-refractivity contribution is 8.07. The van der Waals surface area contributed by atoms with E-state index in [9.17, 15) is 0 Å². The molecule has 0 aromatic heterocycles. The lowest BCUT2D eigenvalue weighted by Crippen LogP contribution is -2.32. The second kappa shape index (κ2) is 13.3. The third kappa shape index (κ3) is 6.75. The fraction of sp³-hybridized carbons (Fsp3) is 0.286. The number of rotatable bonds is 11. The molecular formula is C42H40O2S2. The number of hydrogen-bond donors (Lipinski definition) is 0. The number of thioether (sulfide) groups is 2. The zero-order chi connectivity index (χ0) is 30.8. The Labute approximate surface area is 281 Å². The first kappa shape index (κ1) is 29.8. The van der Waals surface area contributed by atoms with Gasteiger partial charge in [0.2, 0.25) is 0 Å². The summed E-state index contributed by atoms with van der Waals surface area (Å²) in [4.78, 5) is 0. The Balaban J connectivity index is 1.22. The van der Waals surface area contributed by atoms with Crippen molar-refractivity contribution in [3.8, 4) is 22.6 Å². The van der Waals surface area contributed by atoms with Gasteiger partial charge < -0.3 is 9.47 Å². The Morgan fingerprint density at radius 1 is 0.630 bits per heavy atom. The van der Waals surface area contributed by atoms with E-state index in [4.69, 9.17) is 9.47 Å². The summed E-state index contributed by atoms with van der Waals surface area (Å²) < 4.78 is 12.3. The molecule has 232 valence electrons. The monoisotopic (exact) mass is 640 g/mol. The fourth-order valence-corrected chi connectivity index (χ4v) is 8.01. The van der Waals surface area contributed by atoms with E-state index >= 15 is 0 Å². The number of hydrogen-bond acceptors (Lipinski definition) is 4. The van der Waals surface area contributed by atoms with Crippen LogP contribution in [0.1, 0.15) is 46.6 Å². The van der Waals surface area contributed by atoms with Gasteiger partial charge in [-0.25, -0.2) is 0 Å². The van der Waals surface area contributed by atoms with Crippen LogP contribution in [0.2, 0.25) is 0 Å². The Morgan fingerprint density at radius 2 is 1.24 bits per heavy atom. The van der Waals surface area contributed by atoms with Gasteiger partial charge in [-0.1, -0.05) is 103 Å². The van der Waals surface area contributed by atoms with E-state index in [0.717, 1.165) is 50.4 Å². The van der Waals surface area contributed by atoms with Gasteiger partial charge in [-0.3, -0.25) is 0 Å². The van der Waals surface area contributed by atoms with Crippen molar-refractivity contribution in [2.75, 3.05) is 24.7 Å². The summed E-state index contributed by atoms with van der Waals surface area (Å²) >= 11 is 3.96. The van der Waals surface area contributed by atoms with Gasteiger partial charge in [0.25, 0.3) is 0 Å². The largest absolute Gasteiger partial charge is 0.492 e. The van der Waals surface area contributed by atoms with Crippen LogP contribution in [0.3, 0.4) is 0 Å². The summed E-state index contributed by atoms with van der Waals surface area (Å²) in [6, 6.07) is 47.3. The van der Waals surface area contributed by atoms with E-state index in [-0.39, 0.29) is 5.41 Å². The van der Waals surface area contributed by atoms with Gasteiger partial charge in [-0.2, -0.15) is 23.5 Å². The van der Waals surface area contributed by atoms with Crippen LogP contribution >= 0.6 is 23.5 Å². The normalized spacial score (nSPS) is 23.2. The van der Waals surface area contributed by atoms with Gasteiger partial charge in [0, 0.05) is 27.4 Å². The smallest absolute Gasteiger partial charge is 0.119 e. The van der Waals surface area contributed by atoms with Gasteiger partial charge in [0.1, 0.15) is 24.7 Å². The second-order valence-electron chi connectivity index (χ2n) is 13.0. The summed E-state index contributed by atoms with van der Waals surface area (Å²) in [6.45, 7) is 1.60. The van der Waals surface area contributed by atoms with E-state index < -0.39 is 0 Å². The quantitative estimate of drug-likeness (QED) is 0.106. The molecule has 4 atom stereocenters. The van der Waals surface area contributed by atoms with E-state index in [2.05, 4.69) is 127 Å². The third-order valence-corrected chi connectivity index (χ3v) is 11.8. The van der Waals surface area contributed by atoms with Crippen LogP contribution < -0.4 is 9.47 Å². The van der Waals surface area contributed by atoms with Gasteiger partial charge in [-0.05, 0) is 94.8 Å². The Hall–Kier alpha value is -3.60. The minimum atomic E-state index is -0.209. The molecule has 2 aliphatic heterocycles. The molecule has 8 rings (SSSR count). The Bertz CT molecular complexity index is 1750. The molecule has 4 unspecified atom stereocenters. The molecule has 3 aliphatic rings. The van der Waals surface area contributed by atoms with Gasteiger partial charge in [0.05, 0.1) is 0 Å². The maximum Gasteiger partial charge on any atom is 0.119 e. The minimum Gasteiger partial charge on any atom is -0.492 e. The Kier molecular flexibility index (Phi) is 8.58. The van der Waals surface area contributed by atoms with E-state index in [0.29, 0.717) is 16.4 Å². The van der Waals surface area contributed by atoms with Gasteiger partial charge in [0.15, 0.2) is 0 Å². The molecule has 2 fully saturated rings. The lowest BCUT2D eigenvalue weighted by molar-refractivity contribution is 0.329. The van der Waals surface area contributed by atoms with Crippen molar-refractivity contribution in [2.24, 2.45) is 0 Å². The number of ether oxygens (including phenoxy) is 2. The molecule has 0 N–H and O–H groups in total. The topological polar surface area (TPSA) is 18.5 Å². The molecule has 46 heavy (non-hydrogen) atoms. The van der Waals surface area contributed by atoms with Crippen LogP contribution in [0, 0.1) is 0 Å². The maximum atomic E-state index is 6.19. The molecule has 0 spiro atoms. The fourth-order valence-electron chi connectivity index (χ4n) is 7.22. The molecule has 0 radical (unpaired) electrons. The first-order valence-corrected chi connectivity index (χ1v) is 18.7. The summed E-state index contributed by atoms with van der Waals surface area (Å²) in [5.41, 5.74) is 9.42. The SMILES string of the molecule is c1ccc(-c2ccc3c(c2)CCC(c2ccccc2)CC3(Cc2ccc(OCC3CS3)cc2)c2ccc(OCC3CS3)cc2)cc1. The third-order valence-electron chi connectivity index (χ3n) is 9.87. The van der Waals surface area contributed by atoms with Gasteiger partial charge in [-0.15, -0.1) is 0 Å². The predicted molar refractivity (Wildman–Crippen MR) is 195 cm³/mol. The maximum absolute atomic E-state index is 6.19. The second-order valence-corrected chi connectivity index (χ2v) is 15.7. The standard InChI is InChI=1S/C42H40O2S2/c1-3-7-31(8-4-1)33-15-22-41-34(23-33)13-14-35(32-9-5-2-6-10-32)25-42(41,36-16-20-38(21-17-36)44-27-40-29-46-40)24-30-11-18-37(19-12-30)43-26-39-28-45-39/h1-12,15-23,35,39-40H,13-14,24-29H2. The van der Waals surface area contributed by atoms with Crippen LogP contribution in [-0.2, 0) is 18.3 Å². The summed E-state index contributed by atoms with van der Waals surface area (Å²) in [5.74, 6) is 4.81. The van der Waals surface area contributed by atoms with E-state index in [1.54, 1.807) is 0 Å². The van der Waals surface area contributed by atoms with Crippen molar-refractivity contribution in [1.82, 2.24) is 0 Å². The zero-order valence-corrected chi connectivity index (χ0v) is 27.8. The molecule has 5 aromatic rings. The molecular weight excluding hydrogens is 601 g/mol. The predicted octanol–water partition coefficient (Wildman–Crippen LogP) is 9.99. The Morgan fingerprint density at radius 3 is 1.87 bits per heavy atom. The van der Waals surface area contributed by atoms with Crippen molar-refractivity contribution in [1.29, 1.82) is 0 Å². The highest BCUT2D eigenvalue weighted by Gasteiger charge is 2.41. The summed E-state index contributed by atoms with van der Waals surface area (Å²) in [6.07, 6.45) is 4.16. The van der Waals surface area contributed by atoms with Crippen LogP contribution in [-0.4, -0.2) is 35.2 Å². The molecule has 1 aliphatic carbocycles. The first-order valence-electron chi connectivity index (χ1n) is 16.6. The molecule has 4 heteroatoms. The van der Waals surface area contributed by atoms with Crippen molar-refractivity contribution >= 4 is 23.5 Å². The molecule has 2 saturated heterocycles. The molecule has 0 saturated carbocycles. The first-order chi connectivity index (χ1) is 22.7. The average Bonchev–Trinajstić information content (AvgIpc) is 4.05. The molecule has 0 amide bonds. The lowest BCUT2D eigenvalue weighted by Gasteiger charge is -2.38. The molecule has 0 bridgehead atoms. The highest BCUT2D eigenvalue weighted by Crippen LogP contribution is 2.49. The van der Waals surface area contributed by atoms with Crippen molar-refractivity contribution < 1.29 is 9.47 Å². The van der Waals surface area contributed by atoms with Crippen molar-refractivity contribution in [3.05, 3.63) is 155 Å². The van der Waals surface area contributed by atoms with Gasteiger partial charge >= 0.3 is 0 Å². The highest BCUT2D eigenvalue weighted by atomic mass is 32.2. The lowest BCUT2D eigenvalue weighted by atomic mass is 9.65. The average molecular weight is 641 g/mol. The van der Waals surface area contributed by atoms with Crippen LogP contribution in [0.25, 0.3) is 11.1 Å². The van der Waals surface area contributed by atoms with E-state index in [1.807, 2.05) is 23.5 Å². The molecule has 5 aromatic carbocycles. The van der Waals surface area contributed by atoms with Crippen molar-refractivity contribution in [3.63, 3.8) is 0 Å². The molecule has 2 nitrogen and oxygen atoms in total. The minimum absolute atomic E-state index is 0.209. The van der Waals surface area contributed by atoms with Crippen molar-refractivity contribution in [2.45, 2.75) is 47.5 Å². The number of benzene rings is 5. The van der Waals surface area contributed by atoms with Crippen LogP contribution in [0.15, 0.2) is 127 Å². The number of aryl methyl sites for hydroxylation is 1. The summed E-state index contributed by atoms with van der Waals surface area (Å²) in [7, 11) is 0. The number of fused-ring (bicyclic) bond motifs is 1. The van der Waals surface area contributed by atoms with Crippen LogP contribution in [0.5, 0.6) is 11.5 Å². The zero-order valence-electron chi connectivity index (χ0n) is 26.1. The summed E-state index contributed by atoms with van der Waals surface area (Å²) in [5, 5.41) is 1.32. The van der Waals surface area contributed by atoms with E-state index in [1.165, 1.54) is 50.4 Å².